The lowest BCUT2D eigenvalue weighted by Crippen LogP contribution is -2.53. The molecule has 0 aliphatic carbocycles. The maximum absolute atomic E-state index is 14.4. The largest absolute Gasteiger partial charge is 0.497 e. The first-order chi connectivity index (χ1) is 21.6. The van der Waals surface area contributed by atoms with E-state index in [9.17, 15) is 22.4 Å². The van der Waals surface area contributed by atoms with Crippen molar-refractivity contribution < 1.29 is 27.1 Å². The molecule has 4 aromatic carbocycles. The number of halogens is 1. The zero-order valence-corrected chi connectivity index (χ0v) is 26.5. The quantitative estimate of drug-likeness (QED) is 0.198. The van der Waals surface area contributed by atoms with Crippen molar-refractivity contribution in [2.75, 3.05) is 24.5 Å². The maximum Gasteiger partial charge on any atom is 0.264 e. The molecule has 0 aliphatic rings. The average Bonchev–Trinajstić information content (AvgIpc) is 3.05. The van der Waals surface area contributed by atoms with Crippen LogP contribution in [0.4, 0.5) is 10.1 Å². The van der Waals surface area contributed by atoms with Crippen LogP contribution in [0.15, 0.2) is 108 Å². The lowest BCUT2D eigenvalue weighted by atomic mass is 10.0. The molecule has 0 saturated carbocycles. The fourth-order valence-corrected chi connectivity index (χ4v) is 6.24. The lowest BCUT2D eigenvalue weighted by Gasteiger charge is -2.34. The van der Waals surface area contributed by atoms with Gasteiger partial charge in [-0.25, -0.2) is 12.8 Å². The van der Waals surface area contributed by atoms with Gasteiger partial charge in [-0.15, -0.1) is 0 Å². The molecule has 0 spiro atoms. The number of ether oxygens (including phenoxy) is 1. The van der Waals surface area contributed by atoms with E-state index in [1.165, 1.54) is 48.4 Å². The Morgan fingerprint density at radius 2 is 1.51 bits per heavy atom. The number of nitrogens with one attached hydrogen (secondary N) is 1. The van der Waals surface area contributed by atoms with Gasteiger partial charge in [0.05, 0.1) is 17.7 Å². The highest BCUT2D eigenvalue weighted by Gasteiger charge is 2.34. The summed E-state index contributed by atoms with van der Waals surface area (Å²) in [5.41, 5.74) is 2.76. The van der Waals surface area contributed by atoms with E-state index in [4.69, 9.17) is 4.74 Å². The van der Waals surface area contributed by atoms with Crippen LogP contribution >= 0.6 is 0 Å². The molecule has 0 fully saturated rings. The zero-order valence-electron chi connectivity index (χ0n) is 25.6. The minimum Gasteiger partial charge on any atom is -0.497 e. The molecule has 236 valence electrons. The van der Waals surface area contributed by atoms with E-state index in [2.05, 4.69) is 5.32 Å². The third-order valence-corrected chi connectivity index (χ3v) is 9.12. The van der Waals surface area contributed by atoms with E-state index in [0.29, 0.717) is 18.7 Å². The third kappa shape index (κ3) is 8.69. The van der Waals surface area contributed by atoms with Crippen LogP contribution in [0, 0.1) is 12.7 Å². The summed E-state index contributed by atoms with van der Waals surface area (Å²) in [6, 6.07) is 26.7. The van der Waals surface area contributed by atoms with Crippen LogP contribution in [0.2, 0.25) is 0 Å². The molecule has 0 bridgehead atoms. The van der Waals surface area contributed by atoms with Crippen molar-refractivity contribution in [3.05, 3.63) is 126 Å². The smallest absolute Gasteiger partial charge is 0.264 e. The number of sulfonamides is 1. The molecule has 2 amide bonds. The molecule has 0 radical (unpaired) electrons. The lowest BCUT2D eigenvalue weighted by molar-refractivity contribution is -0.140. The first-order valence-corrected chi connectivity index (χ1v) is 16.2. The van der Waals surface area contributed by atoms with Gasteiger partial charge in [-0.1, -0.05) is 67.1 Å². The van der Waals surface area contributed by atoms with Crippen molar-refractivity contribution in [1.82, 2.24) is 10.2 Å². The van der Waals surface area contributed by atoms with Gasteiger partial charge in [-0.05, 0) is 73.0 Å². The number of methoxy groups -OCH3 is 1. The van der Waals surface area contributed by atoms with Gasteiger partial charge in [0.1, 0.15) is 24.2 Å². The van der Waals surface area contributed by atoms with Crippen LogP contribution in [0.5, 0.6) is 5.75 Å². The van der Waals surface area contributed by atoms with Crippen LogP contribution in [-0.2, 0) is 32.6 Å². The summed E-state index contributed by atoms with van der Waals surface area (Å²) in [7, 11) is -2.84. The first-order valence-electron chi connectivity index (χ1n) is 14.7. The Hall–Kier alpha value is -4.70. The topological polar surface area (TPSA) is 96.0 Å². The molecule has 10 heteroatoms. The van der Waals surface area contributed by atoms with Crippen LogP contribution in [0.1, 0.15) is 30.0 Å². The van der Waals surface area contributed by atoms with Crippen molar-refractivity contribution in [3.8, 4) is 5.75 Å². The van der Waals surface area contributed by atoms with Crippen LogP contribution in [-0.4, -0.2) is 51.4 Å². The van der Waals surface area contributed by atoms with Gasteiger partial charge in [0.15, 0.2) is 0 Å². The van der Waals surface area contributed by atoms with Crippen LogP contribution < -0.4 is 14.4 Å². The van der Waals surface area contributed by atoms with E-state index in [-0.39, 0.29) is 29.5 Å². The van der Waals surface area contributed by atoms with Crippen molar-refractivity contribution in [3.63, 3.8) is 0 Å². The molecule has 4 rings (SSSR count). The molecule has 4 aromatic rings. The highest BCUT2D eigenvalue weighted by molar-refractivity contribution is 7.92. The summed E-state index contributed by atoms with van der Waals surface area (Å²) >= 11 is 0. The summed E-state index contributed by atoms with van der Waals surface area (Å²) in [5.74, 6) is -1.02. The molecular formula is C35H38FN3O5S. The van der Waals surface area contributed by atoms with Crippen LogP contribution in [0.25, 0.3) is 0 Å². The standard InChI is InChI=1S/C35H38FN3O5S/c1-4-22-37-35(41)33(23-27-8-6-5-7-9-27)38(24-28-12-10-26(2)11-13-28)34(40)25-39(30-16-14-29(36)15-17-30)45(42,43)32-20-18-31(44-3)19-21-32/h5-21,33H,4,22-25H2,1-3H3,(H,37,41)/t33-/m1/s1. The average molecular weight is 632 g/mol. The number of nitrogens with zero attached hydrogens (tertiary/aromatic N) is 2. The molecule has 8 nitrogen and oxygen atoms in total. The molecule has 0 saturated heterocycles. The molecule has 0 heterocycles. The van der Waals surface area contributed by atoms with Crippen molar-refractivity contribution >= 4 is 27.5 Å². The Balaban J connectivity index is 1.78. The minimum atomic E-state index is -4.31. The van der Waals surface area contributed by atoms with Crippen molar-refractivity contribution in [2.24, 2.45) is 0 Å². The summed E-state index contributed by atoms with van der Waals surface area (Å²) in [6.45, 7) is 3.75. The SMILES string of the molecule is CCCNC(=O)[C@@H](Cc1ccccc1)N(Cc1ccc(C)cc1)C(=O)CN(c1ccc(F)cc1)S(=O)(=O)c1ccc(OC)cc1. The second kappa shape index (κ2) is 15.3. The highest BCUT2D eigenvalue weighted by Crippen LogP contribution is 2.26. The van der Waals surface area contributed by atoms with Gasteiger partial charge in [0.25, 0.3) is 10.0 Å². The van der Waals surface area contributed by atoms with Gasteiger partial charge in [0.2, 0.25) is 11.8 Å². The highest BCUT2D eigenvalue weighted by atomic mass is 32.2. The second-order valence-electron chi connectivity index (χ2n) is 10.7. The van der Waals surface area contributed by atoms with Crippen molar-refractivity contribution in [2.45, 2.75) is 44.2 Å². The summed E-state index contributed by atoms with van der Waals surface area (Å²) in [6.07, 6.45) is 0.921. The fourth-order valence-electron chi connectivity index (χ4n) is 4.82. The van der Waals surface area contributed by atoms with E-state index in [0.717, 1.165) is 33.1 Å². The number of rotatable bonds is 14. The fraction of sp³-hybridized carbons (Fsp3) is 0.257. The Labute approximate surface area is 264 Å². The Kier molecular flexibility index (Phi) is 11.3. The van der Waals surface area contributed by atoms with E-state index >= 15 is 0 Å². The number of benzene rings is 4. The molecule has 1 atom stereocenters. The first kappa shape index (κ1) is 33.2. The van der Waals surface area contributed by atoms with Gasteiger partial charge in [-0.2, -0.15) is 0 Å². The van der Waals surface area contributed by atoms with Gasteiger partial charge in [0, 0.05) is 19.5 Å². The number of anilines is 1. The number of carbonyl (C=O) groups is 2. The Morgan fingerprint density at radius 1 is 0.867 bits per heavy atom. The molecule has 0 aromatic heterocycles. The van der Waals surface area contributed by atoms with Gasteiger partial charge in [-0.3, -0.25) is 13.9 Å². The molecule has 45 heavy (non-hydrogen) atoms. The number of aryl methyl sites for hydroxylation is 1. The monoisotopic (exact) mass is 631 g/mol. The molecular weight excluding hydrogens is 593 g/mol. The van der Waals surface area contributed by atoms with Crippen molar-refractivity contribution in [1.29, 1.82) is 0 Å². The summed E-state index contributed by atoms with van der Waals surface area (Å²) in [5, 5.41) is 2.92. The maximum atomic E-state index is 14.4. The second-order valence-corrected chi connectivity index (χ2v) is 12.5. The predicted octanol–water partition coefficient (Wildman–Crippen LogP) is 5.50. The number of hydrogen-bond donors (Lipinski definition) is 1. The third-order valence-electron chi connectivity index (χ3n) is 7.33. The summed E-state index contributed by atoms with van der Waals surface area (Å²) in [4.78, 5) is 29.4. The summed E-state index contributed by atoms with van der Waals surface area (Å²) < 4.78 is 48.1. The van der Waals surface area contributed by atoms with Gasteiger partial charge >= 0.3 is 0 Å². The minimum absolute atomic E-state index is 0.0655. The van der Waals surface area contributed by atoms with E-state index in [1.807, 2.05) is 68.4 Å². The Morgan fingerprint density at radius 3 is 2.11 bits per heavy atom. The van der Waals surface area contributed by atoms with Gasteiger partial charge < -0.3 is 15.0 Å². The number of carbonyl (C=O) groups excluding carboxylic acids is 2. The van der Waals surface area contributed by atoms with E-state index in [1.54, 1.807) is 0 Å². The normalized spacial score (nSPS) is 11.8. The van der Waals surface area contributed by atoms with Crippen LogP contribution in [0.3, 0.4) is 0 Å². The Bertz CT molecular complexity index is 1660. The zero-order chi connectivity index (χ0) is 32.4. The molecule has 0 aliphatic heterocycles. The number of amides is 2. The molecule has 1 N–H and O–H groups in total. The predicted molar refractivity (Wildman–Crippen MR) is 173 cm³/mol. The number of hydrogen-bond acceptors (Lipinski definition) is 5. The molecule has 0 unspecified atom stereocenters. The van der Waals surface area contributed by atoms with E-state index < -0.39 is 34.3 Å².